The third-order valence-corrected chi connectivity index (χ3v) is 4.08. The maximum Gasteiger partial charge on any atom is 0.271 e. The lowest BCUT2D eigenvalue weighted by Crippen LogP contribution is -2.15. The van der Waals surface area contributed by atoms with Crippen LogP contribution in [0.25, 0.3) is 11.3 Å². The Balaban J connectivity index is 1.87. The SMILES string of the molecule is Cc1ccc([N+](=O)[O-])cc1NC(=O)c1ccc(-c2ccccc2)nc1C. The minimum Gasteiger partial charge on any atom is -0.321 e. The molecule has 2 aromatic carbocycles. The molecule has 130 valence electrons. The van der Waals surface area contributed by atoms with Gasteiger partial charge in [-0.1, -0.05) is 36.4 Å². The first-order valence-electron chi connectivity index (χ1n) is 8.05. The van der Waals surface area contributed by atoms with Crippen LogP contribution in [0.5, 0.6) is 0 Å². The molecule has 0 aliphatic heterocycles. The molecule has 0 aliphatic rings. The highest BCUT2D eigenvalue weighted by molar-refractivity contribution is 6.05. The predicted molar refractivity (Wildman–Crippen MR) is 100 cm³/mol. The zero-order valence-corrected chi connectivity index (χ0v) is 14.4. The van der Waals surface area contributed by atoms with Crippen LogP contribution >= 0.6 is 0 Å². The second kappa shape index (κ2) is 7.14. The van der Waals surface area contributed by atoms with Gasteiger partial charge >= 0.3 is 0 Å². The average Bonchev–Trinajstić information content (AvgIpc) is 2.63. The number of carbonyl (C=O) groups is 1. The van der Waals surface area contributed by atoms with Crippen LogP contribution in [-0.2, 0) is 0 Å². The molecular weight excluding hydrogens is 330 g/mol. The lowest BCUT2D eigenvalue weighted by Gasteiger charge is -2.11. The molecule has 0 spiro atoms. The molecule has 3 rings (SSSR count). The van der Waals surface area contributed by atoms with Crippen molar-refractivity contribution >= 4 is 17.3 Å². The van der Waals surface area contributed by atoms with E-state index >= 15 is 0 Å². The summed E-state index contributed by atoms with van der Waals surface area (Å²) in [6.07, 6.45) is 0. The summed E-state index contributed by atoms with van der Waals surface area (Å²) >= 11 is 0. The summed E-state index contributed by atoms with van der Waals surface area (Å²) in [6, 6.07) is 17.6. The molecule has 6 nitrogen and oxygen atoms in total. The smallest absolute Gasteiger partial charge is 0.271 e. The summed E-state index contributed by atoms with van der Waals surface area (Å²) in [4.78, 5) is 27.5. The number of nitrogens with one attached hydrogen (secondary N) is 1. The Labute approximate surface area is 150 Å². The Kier molecular flexibility index (Phi) is 4.75. The number of non-ortho nitro benzene ring substituents is 1. The number of anilines is 1. The van der Waals surface area contributed by atoms with Gasteiger partial charge in [0.05, 0.1) is 27.6 Å². The molecule has 3 aromatic rings. The van der Waals surface area contributed by atoms with Crippen LogP contribution in [0.1, 0.15) is 21.6 Å². The molecule has 1 heterocycles. The fourth-order valence-corrected chi connectivity index (χ4v) is 2.62. The van der Waals surface area contributed by atoms with Crippen molar-refractivity contribution in [2.45, 2.75) is 13.8 Å². The second-order valence-electron chi connectivity index (χ2n) is 5.91. The monoisotopic (exact) mass is 347 g/mol. The van der Waals surface area contributed by atoms with E-state index in [0.29, 0.717) is 16.9 Å². The number of pyridine rings is 1. The topological polar surface area (TPSA) is 85.1 Å². The number of benzene rings is 2. The molecule has 1 aromatic heterocycles. The van der Waals surface area contributed by atoms with E-state index in [4.69, 9.17) is 0 Å². The number of nitro groups is 1. The van der Waals surface area contributed by atoms with E-state index in [0.717, 1.165) is 16.8 Å². The lowest BCUT2D eigenvalue weighted by molar-refractivity contribution is -0.384. The second-order valence-corrected chi connectivity index (χ2v) is 5.91. The van der Waals surface area contributed by atoms with Gasteiger partial charge in [-0.15, -0.1) is 0 Å². The average molecular weight is 347 g/mol. The summed E-state index contributed by atoms with van der Waals surface area (Å²) in [6.45, 7) is 3.55. The number of hydrogen-bond acceptors (Lipinski definition) is 4. The van der Waals surface area contributed by atoms with E-state index in [1.54, 1.807) is 32.0 Å². The van der Waals surface area contributed by atoms with E-state index in [9.17, 15) is 14.9 Å². The standard InChI is InChI=1S/C20H17N3O3/c1-13-8-9-16(23(25)26)12-19(13)22-20(24)17-10-11-18(21-14(17)2)15-6-4-3-5-7-15/h3-12H,1-2H3,(H,22,24). The number of amides is 1. The van der Waals surface area contributed by atoms with Crippen molar-refractivity contribution in [1.82, 2.24) is 4.98 Å². The van der Waals surface area contributed by atoms with Crippen molar-refractivity contribution in [3.63, 3.8) is 0 Å². The van der Waals surface area contributed by atoms with Gasteiger partial charge in [-0.25, -0.2) is 0 Å². The largest absolute Gasteiger partial charge is 0.321 e. The highest BCUT2D eigenvalue weighted by Crippen LogP contribution is 2.23. The van der Waals surface area contributed by atoms with Gasteiger partial charge in [0.2, 0.25) is 0 Å². The summed E-state index contributed by atoms with van der Waals surface area (Å²) in [5.41, 5.74) is 3.86. The molecule has 1 amide bonds. The molecule has 1 N–H and O–H groups in total. The van der Waals surface area contributed by atoms with Crippen molar-refractivity contribution in [2.75, 3.05) is 5.32 Å². The molecule has 0 bridgehead atoms. The molecule has 26 heavy (non-hydrogen) atoms. The van der Waals surface area contributed by atoms with Crippen molar-refractivity contribution in [1.29, 1.82) is 0 Å². The van der Waals surface area contributed by atoms with Crippen LogP contribution in [0.3, 0.4) is 0 Å². The zero-order chi connectivity index (χ0) is 18.7. The van der Waals surface area contributed by atoms with Gasteiger partial charge in [0.25, 0.3) is 11.6 Å². The predicted octanol–water partition coefficient (Wildman–Crippen LogP) is 4.53. The molecule has 0 radical (unpaired) electrons. The summed E-state index contributed by atoms with van der Waals surface area (Å²) in [5.74, 6) is -0.349. The van der Waals surface area contributed by atoms with Gasteiger partial charge < -0.3 is 5.32 Å². The van der Waals surface area contributed by atoms with E-state index < -0.39 is 4.92 Å². The Bertz CT molecular complexity index is 985. The van der Waals surface area contributed by atoms with E-state index in [2.05, 4.69) is 10.3 Å². The first kappa shape index (κ1) is 17.3. The van der Waals surface area contributed by atoms with Crippen molar-refractivity contribution in [3.8, 4) is 11.3 Å². The third kappa shape index (κ3) is 3.59. The number of aromatic nitrogens is 1. The van der Waals surface area contributed by atoms with Gasteiger partial charge in [0.1, 0.15) is 0 Å². The third-order valence-electron chi connectivity index (χ3n) is 4.08. The number of rotatable bonds is 4. The Morgan fingerprint density at radius 2 is 1.77 bits per heavy atom. The van der Waals surface area contributed by atoms with Crippen LogP contribution < -0.4 is 5.32 Å². The highest BCUT2D eigenvalue weighted by Gasteiger charge is 2.15. The highest BCUT2D eigenvalue weighted by atomic mass is 16.6. The van der Waals surface area contributed by atoms with Crippen molar-refractivity contribution in [3.05, 3.63) is 87.6 Å². The number of nitrogens with zero attached hydrogens (tertiary/aromatic N) is 2. The van der Waals surface area contributed by atoms with Gasteiger partial charge in [-0.3, -0.25) is 19.9 Å². The number of hydrogen-bond donors (Lipinski definition) is 1. The molecule has 0 unspecified atom stereocenters. The van der Waals surface area contributed by atoms with Crippen LogP contribution in [-0.4, -0.2) is 15.8 Å². The molecule has 6 heteroatoms. The Hall–Kier alpha value is -3.54. The van der Waals surface area contributed by atoms with Gasteiger partial charge in [-0.05, 0) is 31.5 Å². The van der Waals surface area contributed by atoms with E-state index in [1.165, 1.54) is 12.1 Å². The molecular formula is C20H17N3O3. The van der Waals surface area contributed by atoms with Crippen molar-refractivity contribution in [2.24, 2.45) is 0 Å². The quantitative estimate of drug-likeness (QED) is 0.555. The van der Waals surface area contributed by atoms with E-state index in [-0.39, 0.29) is 11.6 Å². The van der Waals surface area contributed by atoms with Gasteiger partial charge in [0, 0.05) is 17.7 Å². The summed E-state index contributed by atoms with van der Waals surface area (Å²) < 4.78 is 0. The summed E-state index contributed by atoms with van der Waals surface area (Å²) in [5, 5.41) is 13.7. The fraction of sp³-hybridized carbons (Fsp3) is 0.100. The normalized spacial score (nSPS) is 10.4. The van der Waals surface area contributed by atoms with Crippen LogP contribution in [0.4, 0.5) is 11.4 Å². The molecule has 0 aliphatic carbocycles. The van der Waals surface area contributed by atoms with Crippen LogP contribution in [0.2, 0.25) is 0 Å². The molecule has 0 saturated heterocycles. The van der Waals surface area contributed by atoms with Crippen LogP contribution in [0, 0.1) is 24.0 Å². The number of nitro benzene ring substituents is 1. The Morgan fingerprint density at radius 3 is 2.42 bits per heavy atom. The molecule has 0 saturated carbocycles. The maximum atomic E-state index is 12.6. The first-order valence-corrected chi connectivity index (χ1v) is 8.05. The Morgan fingerprint density at radius 1 is 1.04 bits per heavy atom. The molecule has 0 fully saturated rings. The van der Waals surface area contributed by atoms with Gasteiger partial charge in [-0.2, -0.15) is 0 Å². The van der Waals surface area contributed by atoms with Crippen molar-refractivity contribution < 1.29 is 9.72 Å². The minimum atomic E-state index is -0.490. The molecule has 0 atom stereocenters. The zero-order valence-electron chi connectivity index (χ0n) is 14.4. The summed E-state index contributed by atoms with van der Waals surface area (Å²) in [7, 11) is 0. The number of carbonyl (C=O) groups excluding carboxylic acids is 1. The first-order chi connectivity index (χ1) is 12.5. The van der Waals surface area contributed by atoms with Crippen LogP contribution in [0.15, 0.2) is 60.7 Å². The van der Waals surface area contributed by atoms with E-state index in [1.807, 2.05) is 30.3 Å². The minimum absolute atomic E-state index is 0.0693. The maximum absolute atomic E-state index is 12.6. The number of aryl methyl sites for hydroxylation is 2. The lowest BCUT2D eigenvalue weighted by atomic mass is 10.1. The fourth-order valence-electron chi connectivity index (χ4n) is 2.62. The van der Waals surface area contributed by atoms with Gasteiger partial charge in [0.15, 0.2) is 0 Å².